The smallest absolute Gasteiger partial charge is 0.416 e. The number of rotatable bonds is 14. The number of carbonyl (C=O) groups is 2. The number of aliphatic carboxylic acids is 1. The van der Waals surface area contributed by atoms with E-state index in [-0.39, 0.29) is 17.8 Å². The van der Waals surface area contributed by atoms with Gasteiger partial charge in [0.1, 0.15) is 22.6 Å². The zero-order valence-electron chi connectivity index (χ0n) is 24.7. The van der Waals surface area contributed by atoms with Crippen molar-refractivity contribution in [2.45, 2.75) is 51.7 Å². The Labute approximate surface area is 262 Å². The van der Waals surface area contributed by atoms with E-state index in [0.717, 1.165) is 57.4 Å². The van der Waals surface area contributed by atoms with Crippen LogP contribution in [0, 0.1) is 5.82 Å². The van der Waals surface area contributed by atoms with Crippen molar-refractivity contribution in [2.75, 3.05) is 6.61 Å². The molecular weight excluding hydrogens is 608 g/mol. The molecular formula is C34H32F4N2O4S. The van der Waals surface area contributed by atoms with Crippen LogP contribution in [0.5, 0.6) is 5.75 Å². The molecule has 0 aliphatic rings. The van der Waals surface area contributed by atoms with Gasteiger partial charge in [-0.1, -0.05) is 38.1 Å². The lowest BCUT2D eigenvalue weighted by Gasteiger charge is -2.18. The summed E-state index contributed by atoms with van der Waals surface area (Å²) < 4.78 is 57.7. The number of carboxylic acid groups (broad SMARTS) is 1. The van der Waals surface area contributed by atoms with E-state index in [1.54, 1.807) is 54.7 Å². The molecule has 1 heterocycles. The molecule has 4 rings (SSSR count). The lowest BCUT2D eigenvalue weighted by Crippen LogP contribution is -2.38. The molecule has 0 radical (unpaired) electrons. The molecule has 45 heavy (non-hydrogen) atoms. The number of thiazole rings is 1. The molecule has 4 aromatic rings. The number of alkyl halides is 3. The van der Waals surface area contributed by atoms with Gasteiger partial charge in [0.15, 0.2) is 5.78 Å². The maximum atomic E-state index is 13.3. The highest BCUT2D eigenvalue weighted by molar-refractivity contribution is 7.15. The van der Waals surface area contributed by atoms with Gasteiger partial charge in [0.05, 0.1) is 17.9 Å². The Morgan fingerprint density at radius 1 is 1.00 bits per heavy atom. The van der Waals surface area contributed by atoms with Gasteiger partial charge in [0.2, 0.25) is 0 Å². The first kappa shape index (κ1) is 33.4. The lowest BCUT2D eigenvalue weighted by atomic mass is 10.0. The predicted octanol–water partition coefficient (Wildman–Crippen LogP) is 7.91. The van der Waals surface area contributed by atoms with Crippen LogP contribution in [0.3, 0.4) is 0 Å². The topological polar surface area (TPSA) is 88.5 Å². The molecule has 1 aromatic heterocycles. The molecule has 6 nitrogen and oxygen atoms in total. The molecule has 0 aliphatic heterocycles. The number of aromatic nitrogens is 1. The molecule has 0 fully saturated rings. The number of carboxylic acids is 1. The maximum Gasteiger partial charge on any atom is 0.416 e. The number of hydrogen-bond donors (Lipinski definition) is 2. The first-order valence-electron chi connectivity index (χ1n) is 14.3. The van der Waals surface area contributed by atoms with E-state index < -0.39 is 29.5 Å². The van der Waals surface area contributed by atoms with E-state index in [9.17, 15) is 32.3 Å². The third-order valence-corrected chi connectivity index (χ3v) is 8.29. The van der Waals surface area contributed by atoms with Gasteiger partial charge in [-0.3, -0.25) is 4.79 Å². The summed E-state index contributed by atoms with van der Waals surface area (Å²) in [6, 6.07) is 16.1. The largest absolute Gasteiger partial charge is 0.493 e. The van der Waals surface area contributed by atoms with Crippen LogP contribution in [0.25, 0.3) is 10.6 Å². The summed E-state index contributed by atoms with van der Waals surface area (Å²) in [6.07, 6.45) is -1.46. The molecule has 0 aliphatic carbocycles. The van der Waals surface area contributed by atoms with E-state index in [2.05, 4.69) is 12.2 Å². The van der Waals surface area contributed by atoms with Crippen LogP contribution in [0.2, 0.25) is 0 Å². The van der Waals surface area contributed by atoms with Crippen molar-refractivity contribution < 1.29 is 37.0 Å². The number of benzene rings is 3. The number of ether oxygens (including phenoxy) is 1. The number of halogens is 4. The third kappa shape index (κ3) is 9.24. The fourth-order valence-corrected chi connectivity index (χ4v) is 5.58. The number of ketones is 1. The molecule has 236 valence electrons. The SMILES string of the molecule is CCC(=CC(=O)c1ccc(C(F)(F)F)cc1)N[C@@H](Cc1ccc(OCCc2nc(-c3ccc(F)cc3)sc2CC)cc1)C(=O)O. The van der Waals surface area contributed by atoms with Crippen molar-refractivity contribution in [3.05, 3.63) is 118 Å². The molecule has 1 atom stereocenters. The first-order chi connectivity index (χ1) is 21.5. The van der Waals surface area contributed by atoms with E-state index in [1.165, 1.54) is 18.2 Å². The Morgan fingerprint density at radius 2 is 1.67 bits per heavy atom. The summed E-state index contributed by atoms with van der Waals surface area (Å²) in [6.45, 7) is 4.18. The first-order valence-corrected chi connectivity index (χ1v) is 15.2. The van der Waals surface area contributed by atoms with E-state index in [1.807, 2.05) is 0 Å². The van der Waals surface area contributed by atoms with Gasteiger partial charge in [-0.15, -0.1) is 11.3 Å². The van der Waals surface area contributed by atoms with Crippen LogP contribution in [0.15, 0.2) is 84.6 Å². The van der Waals surface area contributed by atoms with Crippen molar-refractivity contribution in [1.29, 1.82) is 0 Å². The summed E-state index contributed by atoms with van der Waals surface area (Å²) in [5.74, 6) is -1.34. The number of aryl methyl sites for hydroxylation is 1. The zero-order valence-corrected chi connectivity index (χ0v) is 25.5. The van der Waals surface area contributed by atoms with E-state index in [0.29, 0.717) is 30.9 Å². The Hall–Kier alpha value is -4.51. The van der Waals surface area contributed by atoms with Crippen LogP contribution < -0.4 is 10.1 Å². The third-order valence-electron chi connectivity index (χ3n) is 7.00. The minimum absolute atomic E-state index is 0.0623. The Kier molecular flexibility index (Phi) is 11.1. The number of allylic oxidation sites excluding steroid dienone is 2. The maximum absolute atomic E-state index is 13.3. The fourth-order valence-electron chi connectivity index (χ4n) is 4.53. The van der Waals surface area contributed by atoms with E-state index in [4.69, 9.17) is 9.72 Å². The quantitative estimate of drug-likeness (QED) is 0.0828. The molecule has 0 unspecified atom stereocenters. The molecule has 0 saturated heterocycles. The second kappa shape index (κ2) is 15.0. The van der Waals surface area contributed by atoms with Crippen LogP contribution in [-0.2, 0) is 30.2 Å². The van der Waals surface area contributed by atoms with Gasteiger partial charge in [0.25, 0.3) is 0 Å². The second-order valence-corrected chi connectivity index (χ2v) is 11.3. The Balaban J connectivity index is 1.34. The molecule has 0 saturated carbocycles. The monoisotopic (exact) mass is 640 g/mol. The minimum Gasteiger partial charge on any atom is -0.493 e. The van der Waals surface area contributed by atoms with Crippen molar-refractivity contribution in [2.24, 2.45) is 0 Å². The normalized spacial score (nSPS) is 12.5. The van der Waals surface area contributed by atoms with Crippen LogP contribution in [0.1, 0.15) is 52.3 Å². The number of carbonyl (C=O) groups excluding carboxylic acids is 1. The zero-order chi connectivity index (χ0) is 32.6. The minimum atomic E-state index is -4.51. The average molecular weight is 641 g/mol. The van der Waals surface area contributed by atoms with Gasteiger partial charge >= 0.3 is 12.1 Å². The summed E-state index contributed by atoms with van der Waals surface area (Å²) >= 11 is 1.58. The molecule has 2 N–H and O–H groups in total. The second-order valence-electron chi connectivity index (χ2n) is 10.2. The van der Waals surface area contributed by atoms with Crippen molar-refractivity contribution in [3.63, 3.8) is 0 Å². The van der Waals surface area contributed by atoms with Gasteiger partial charge in [-0.05, 0) is 66.9 Å². The van der Waals surface area contributed by atoms with Crippen LogP contribution in [0.4, 0.5) is 17.6 Å². The lowest BCUT2D eigenvalue weighted by molar-refractivity contribution is -0.139. The van der Waals surface area contributed by atoms with Crippen molar-refractivity contribution in [1.82, 2.24) is 10.3 Å². The molecule has 0 bridgehead atoms. The highest BCUT2D eigenvalue weighted by Crippen LogP contribution is 2.30. The highest BCUT2D eigenvalue weighted by Gasteiger charge is 2.30. The van der Waals surface area contributed by atoms with Crippen molar-refractivity contribution >= 4 is 23.1 Å². The summed E-state index contributed by atoms with van der Waals surface area (Å²) in [5, 5.41) is 13.5. The van der Waals surface area contributed by atoms with Crippen LogP contribution in [-0.4, -0.2) is 34.5 Å². The summed E-state index contributed by atoms with van der Waals surface area (Å²) in [5.41, 5.74) is 2.08. The molecule has 0 amide bonds. The van der Waals surface area contributed by atoms with Gasteiger partial charge in [-0.25, -0.2) is 14.2 Å². The number of hydrogen-bond acceptors (Lipinski definition) is 6. The predicted molar refractivity (Wildman–Crippen MR) is 165 cm³/mol. The van der Waals surface area contributed by atoms with Crippen molar-refractivity contribution in [3.8, 4) is 16.3 Å². The summed E-state index contributed by atoms with van der Waals surface area (Å²) in [4.78, 5) is 30.5. The number of nitrogens with zero attached hydrogens (tertiary/aromatic N) is 1. The number of nitrogens with one attached hydrogen (secondary N) is 1. The van der Waals surface area contributed by atoms with Gasteiger partial charge in [-0.2, -0.15) is 13.2 Å². The highest BCUT2D eigenvalue weighted by atomic mass is 32.1. The molecule has 11 heteroatoms. The average Bonchev–Trinajstić information content (AvgIpc) is 3.44. The summed E-state index contributed by atoms with van der Waals surface area (Å²) in [7, 11) is 0. The van der Waals surface area contributed by atoms with E-state index >= 15 is 0 Å². The standard InChI is InChI=1S/C34H32F4N2O4S/c1-3-26(20-30(41)22-7-11-24(12-8-22)34(36,37)38)39-29(33(42)43)19-21-5-15-27(16-6-21)44-18-17-28-31(4-2)45-32(40-28)23-9-13-25(35)14-10-23/h5-16,20,29,39H,3-4,17-19H2,1-2H3,(H,42,43)/t29-/m0/s1. The molecule has 0 spiro atoms. The fraction of sp³-hybridized carbons (Fsp3) is 0.265. The van der Waals surface area contributed by atoms with Crippen LogP contribution >= 0.6 is 11.3 Å². The Morgan fingerprint density at radius 3 is 2.24 bits per heavy atom. The van der Waals surface area contributed by atoms with Gasteiger partial charge < -0.3 is 15.2 Å². The van der Waals surface area contributed by atoms with Gasteiger partial charge in [0, 0.05) is 40.6 Å². The molecule has 3 aromatic carbocycles. The Bertz CT molecular complexity index is 1630.